The van der Waals surface area contributed by atoms with E-state index in [1.54, 1.807) is 0 Å². The van der Waals surface area contributed by atoms with Crippen LogP contribution in [-0.4, -0.2) is 32.5 Å². The SMILES string of the molecule is CCC(CC)n1ccc(CC(O)CSCC(C)C)n1. The van der Waals surface area contributed by atoms with Gasteiger partial charge in [0.2, 0.25) is 0 Å². The molecule has 0 aliphatic carbocycles. The van der Waals surface area contributed by atoms with Gasteiger partial charge in [-0.2, -0.15) is 16.9 Å². The molecule has 0 aliphatic heterocycles. The van der Waals surface area contributed by atoms with E-state index in [1.807, 2.05) is 28.7 Å². The lowest BCUT2D eigenvalue weighted by Crippen LogP contribution is -2.15. The van der Waals surface area contributed by atoms with Crippen LogP contribution in [0.3, 0.4) is 0 Å². The molecule has 3 nitrogen and oxygen atoms in total. The van der Waals surface area contributed by atoms with Gasteiger partial charge in [-0.15, -0.1) is 0 Å². The predicted octanol–water partition coefficient (Wildman–Crippen LogP) is 3.54. The molecule has 0 aromatic carbocycles. The predicted molar refractivity (Wildman–Crippen MR) is 83.7 cm³/mol. The molecular formula is C15H28N2OS. The zero-order chi connectivity index (χ0) is 14.3. The van der Waals surface area contributed by atoms with Crippen LogP contribution < -0.4 is 0 Å². The molecule has 0 saturated heterocycles. The number of hydrogen-bond donors (Lipinski definition) is 1. The summed E-state index contributed by atoms with van der Waals surface area (Å²) in [5.41, 5.74) is 1.00. The van der Waals surface area contributed by atoms with E-state index >= 15 is 0 Å². The number of hydrogen-bond acceptors (Lipinski definition) is 3. The maximum Gasteiger partial charge on any atom is 0.0686 e. The average Bonchev–Trinajstić information content (AvgIpc) is 2.78. The minimum absolute atomic E-state index is 0.284. The minimum Gasteiger partial charge on any atom is -0.392 e. The van der Waals surface area contributed by atoms with Gasteiger partial charge in [-0.1, -0.05) is 27.7 Å². The Bertz CT molecular complexity index is 348. The zero-order valence-corrected chi connectivity index (χ0v) is 13.5. The quantitative estimate of drug-likeness (QED) is 0.754. The number of nitrogens with zero attached hydrogens (tertiary/aromatic N) is 2. The van der Waals surface area contributed by atoms with E-state index in [4.69, 9.17) is 0 Å². The second kappa shape index (κ2) is 8.64. The third-order valence-electron chi connectivity index (χ3n) is 3.19. The van der Waals surface area contributed by atoms with Crippen molar-refractivity contribution in [1.82, 2.24) is 9.78 Å². The highest BCUT2D eigenvalue weighted by molar-refractivity contribution is 7.99. The highest BCUT2D eigenvalue weighted by atomic mass is 32.2. The first-order valence-electron chi connectivity index (χ1n) is 7.36. The van der Waals surface area contributed by atoms with Crippen LogP contribution in [0.15, 0.2) is 12.3 Å². The standard InChI is InChI=1S/C15H28N2OS/c1-5-14(6-2)17-8-7-13(16-17)9-15(18)11-19-10-12(3)4/h7-8,12,14-15,18H,5-6,9-11H2,1-4H3. The Morgan fingerprint density at radius 2 is 1.95 bits per heavy atom. The molecule has 0 spiro atoms. The Morgan fingerprint density at radius 3 is 2.53 bits per heavy atom. The fourth-order valence-corrected chi connectivity index (χ4v) is 3.09. The molecule has 1 heterocycles. The molecular weight excluding hydrogens is 256 g/mol. The molecule has 0 bridgehead atoms. The van der Waals surface area contributed by atoms with E-state index in [1.165, 1.54) is 0 Å². The molecule has 1 atom stereocenters. The van der Waals surface area contributed by atoms with E-state index in [2.05, 4.69) is 32.8 Å². The first kappa shape index (κ1) is 16.6. The molecule has 1 aromatic rings. The van der Waals surface area contributed by atoms with Crippen molar-refractivity contribution >= 4 is 11.8 Å². The Hall–Kier alpha value is -0.480. The summed E-state index contributed by atoms with van der Waals surface area (Å²) in [4.78, 5) is 0. The van der Waals surface area contributed by atoms with Gasteiger partial charge in [-0.05, 0) is 30.6 Å². The Labute approximate surface area is 121 Å². The van der Waals surface area contributed by atoms with Crippen molar-refractivity contribution in [3.8, 4) is 0 Å². The molecule has 1 unspecified atom stereocenters. The van der Waals surface area contributed by atoms with Crippen LogP contribution in [0, 0.1) is 5.92 Å². The third kappa shape index (κ3) is 6.00. The number of thioether (sulfide) groups is 1. The highest BCUT2D eigenvalue weighted by Gasteiger charge is 2.11. The molecule has 0 saturated carbocycles. The van der Waals surface area contributed by atoms with Gasteiger partial charge in [0, 0.05) is 18.4 Å². The highest BCUT2D eigenvalue weighted by Crippen LogP contribution is 2.16. The maximum absolute atomic E-state index is 10.0. The van der Waals surface area contributed by atoms with Gasteiger partial charge < -0.3 is 5.11 Å². The summed E-state index contributed by atoms with van der Waals surface area (Å²) in [6, 6.07) is 2.52. The monoisotopic (exact) mass is 284 g/mol. The van der Waals surface area contributed by atoms with Gasteiger partial charge >= 0.3 is 0 Å². The van der Waals surface area contributed by atoms with Crippen molar-refractivity contribution in [1.29, 1.82) is 0 Å². The van der Waals surface area contributed by atoms with E-state index < -0.39 is 0 Å². The number of aliphatic hydroxyl groups excluding tert-OH is 1. The second-order valence-corrected chi connectivity index (χ2v) is 6.62. The van der Waals surface area contributed by atoms with Crippen LogP contribution in [0.25, 0.3) is 0 Å². The topological polar surface area (TPSA) is 38.0 Å². The molecule has 0 radical (unpaired) electrons. The average molecular weight is 284 g/mol. The lowest BCUT2D eigenvalue weighted by atomic mass is 10.2. The van der Waals surface area contributed by atoms with Gasteiger partial charge in [0.05, 0.1) is 17.8 Å². The summed E-state index contributed by atoms with van der Waals surface area (Å²) >= 11 is 1.83. The Morgan fingerprint density at radius 1 is 1.26 bits per heavy atom. The van der Waals surface area contributed by atoms with Gasteiger partial charge in [0.15, 0.2) is 0 Å². The van der Waals surface area contributed by atoms with Crippen molar-refractivity contribution in [3.05, 3.63) is 18.0 Å². The normalized spacial score (nSPS) is 13.4. The van der Waals surface area contributed by atoms with Gasteiger partial charge in [-0.25, -0.2) is 0 Å². The van der Waals surface area contributed by atoms with E-state index in [-0.39, 0.29) is 6.10 Å². The Kier molecular flexibility index (Phi) is 7.54. The minimum atomic E-state index is -0.284. The van der Waals surface area contributed by atoms with Crippen LogP contribution in [0.4, 0.5) is 0 Å². The first-order valence-corrected chi connectivity index (χ1v) is 8.52. The number of aliphatic hydroxyl groups is 1. The fraction of sp³-hybridized carbons (Fsp3) is 0.800. The van der Waals surface area contributed by atoms with Gasteiger partial charge in [0.1, 0.15) is 0 Å². The summed E-state index contributed by atoms with van der Waals surface area (Å²) in [6.45, 7) is 8.78. The van der Waals surface area contributed by atoms with Crippen molar-refractivity contribution < 1.29 is 5.11 Å². The molecule has 1 aromatic heterocycles. The van der Waals surface area contributed by atoms with Crippen LogP contribution in [0.5, 0.6) is 0 Å². The fourth-order valence-electron chi connectivity index (χ4n) is 2.09. The van der Waals surface area contributed by atoms with E-state index in [0.29, 0.717) is 18.4 Å². The van der Waals surface area contributed by atoms with Crippen molar-refractivity contribution in [2.45, 2.75) is 59.1 Å². The number of rotatable bonds is 9. The molecule has 4 heteroatoms. The molecule has 19 heavy (non-hydrogen) atoms. The van der Waals surface area contributed by atoms with Crippen molar-refractivity contribution in [2.75, 3.05) is 11.5 Å². The molecule has 0 fully saturated rings. The van der Waals surface area contributed by atoms with Crippen molar-refractivity contribution in [3.63, 3.8) is 0 Å². The summed E-state index contributed by atoms with van der Waals surface area (Å²) in [7, 11) is 0. The van der Waals surface area contributed by atoms with Gasteiger partial charge in [-0.3, -0.25) is 4.68 Å². The summed E-state index contributed by atoms with van der Waals surface area (Å²) < 4.78 is 2.04. The lowest BCUT2D eigenvalue weighted by molar-refractivity contribution is 0.198. The van der Waals surface area contributed by atoms with Gasteiger partial charge in [0.25, 0.3) is 0 Å². The van der Waals surface area contributed by atoms with Crippen LogP contribution in [0.2, 0.25) is 0 Å². The molecule has 0 amide bonds. The smallest absolute Gasteiger partial charge is 0.0686 e. The third-order valence-corrected chi connectivity index (χ3v) is 4.71. The largest absolute Gasteiger partial charge is 0.392 e. The van der Waals surface area contributed by atoms with E-state index in [9.17, 15) is 5.11 Å². The zero-order valence-electron chi connectivity index (χ0n) is 12.7. The first-order chi connectivity index (χ1) is 9.06. The van der Waals surface area contributed by atoms with E-state index in [0.717, 1.165) is 30.0 Å². The Balaban J connectivity index is 2.40. The summed E-state index contributed by atoms with van der Waals surface area (Å²) in [6.07, 6.45) is 4.63. The molecule has 1 rings (SSSR count). The number of aromatic nitrogens is 2. The van der Waals surface area contributed by atoms with Crippen LogP contribution in [-0.2, 0) is 6.42 Å². The lowest BCUT2D eigenvalue weighted by Gasteiger charge is -2.13. The maximum atomic E-state index is 10.0. The van der Waals surface area contributed by atoms with Crippen molar-refractivity contribution in [2.24, 2.45) is 5.92 Å². The second-order valence-electron chi connectivity index (χ2n) is 5.55. The molecule has 110 valence electrons. The van der Waals surface area contributed by atoms with Crippen LogP contribution >= 0.6 is 11.8 Å². The van der Waals surface area contributed by atoms with Crippen LogP contribution in [0.1, 0.15) is 52.3 Å². The summed E-state index contributed by atoms with van der Waals surface area (Å²) in [5, 5.41) is 14.6. The molecule has 1 N–H and O–H groups in total. The summed E-state index contributed by atoms with van der Waals surface area (Å²) in [5.74, 6) is 2.60. The molecule has 0 aliphatic rings.